The van der Waals surface area contributed by atoms with E-state index in [0.29, 0.717) is 0 Å². The molecule has 2 amide bonds. The van der Waals surface area contributed by atoms with Gasteiger partial charge in [-0.1, -0.05) is 24.3 Å². The number of fused-ring (bicyclic) bond motifs is 1. The van der Waals surface area contributed by atoms with Gasteiger partial charge in [-0.15, -0.1) is 0 Å². The molecule has 30 heavy (non-hydrogen) atoms. The van der Waals surface area contributed by atoms with Gasteiger partial charge in [0.1, 0.15) is 0 Å². The van der Waals surface area contributed by atoms with Crippen LogP contribution in [0, 0.1) is 11.6 Å². The van der Waals surface area contributed by atoms with E-state index in [9.17, 15) is 31.5 Å². The summed E-state index contributed by atoms with van der Waals surface area (Å²) in [6.45, 7) is 3.88. The fourth-order valence-electron chi connectivity index (χ4n) is 2.25. The van der Waals surface area contributed by atoms with E-state index in [1.54, 1.807) is 0 Å². The molecule has 5 nitrogen and oxygen atoms in total. The van der Waals surface area contributed by atoms with Gasteiger partial charge >= 0.3 is 18.0 Å². The maximum Gasteiger partial charge on any atom is 0.413 e. The predicted octanol–water partition coefficient (Wildman–Crippen LogP) is 4.69. The van der Waals surface area contributed by atoms with Crippen molar-refractivity contribution < 1.29 is 31.5 Å². The highest BCUT2D eigenvalue weighted by Gasteiger charge is 2.32. The molecule has 0 saturated carbocycles. The third-order valence-electron chi connectivity index (χ3n) is 3.99. The zero-order chi connectivity index (χ0) is 22.6. The van der Waals surface area contributed by atoms with E-state index in [0.717, 1.165) is 25.1 Å². The van der Waals surface area contributed by atoms with Gasteiger partial charge in [0.15, 0.2) is 11.6 Å². The molecule has 0 aliphatic carbocycles. The fraction of sp³-hybridized carbons (Fsp3) is 0.158. The molecule has 0 aliphatic rings. The number of nitrogens with one attached hydrogen (secondary N) is 3. The Morgan fingerprint density at radius 1 is 1.20 bits per heavy atom. The van der Waals surface area contributed by atoms with Crippen LogP contribution in [0.4, 0.5) is 27.6 Å². The average Bonchev–Trinajstić information content (AvgIpc) is 3.04. The van der Waals surface area contributed by atoms with E-state index in [2.05, 4.69) is 22.2 Å². The van der Waals surface area contributed by atoms with Crippen LogP contribution >= 0.6 is 11.6 Å². The van der Waals surface area contributed by atoms with Crippen LogP contribution in [0.2, 0.25) is 0 Å². The van der Waals surface area contributed by atoms with Gasteiger partial charge in [-0.2, -0.15) is 13.2 Å². The first-order valence-electron chi connectivity index (χ1n) is 8.26. The maximum absolute atomic E-state index is 13.4. The number of hydrogen-bond donors (Lipinski definition) is 3. The van der Waals surface area contributed by atoms with Gasteiger partial charge in [-0.25, -0.2) is 8.78 Å². The van der Waals surface area contributed by atoms with Crippen molar-refractivity contribution in [1.29, 1.82) is 0 Å². The van der Waals surface area contributed by atoms with Crippen molar-refractivity contribution in [2.45, 2.75) is 13.1 Å². The topological polar surface area (TPSA) is 74.0 Å². The van der Waals surface area contributed by atoms with Gasteiger partial charge in [0.25, 0.3) is 0 Å². The van der Waals surface area contributed by atoms with E-state index >= 15 is 0 Å². The summed E-state index contributed by atoms with van der Waals surface area (Å²) in [7, 11) is 0. The number of allylic oxidation sites excluding steroid dienone is 3. The molecule has 1 heterocycles. The summed E-state index contributed by atoms with van der Waals surface area (Å²) in [5.74, 6) is -4.47. The lowest BCUT2D eigenvalue weighted by molar-refractivity contribution is -0.136. The minimum atomic E-state index is -4.62. The molecule has 0 radical (unpaired) electrons. The minimum absolute atomic E-state index is 0.0373. The predicted molar refractivity (Wildman–Crippen MR) is 103 cm³/mol. The molecule has 0 aliphatic heterocycles. The summed E-state index contributed by atoms with van der Waals surface area (Å²) < 4.78 is 64.6. The molecule has 0 unspecified atom stereocenters. The minimum Gasteiger partial charge on any atom is -0.359 e. The number of benzene rings is 1. The van der Waals surface area contributed by atoms with E-state index < -0.39 is 40.2 Å². The fourth-order valence-corrected chi connectivity index (χ4v) is 2.50. The van der Waals surface area contributed by atoms with Crippen molar-refractivity contribution in [1.82, 2.24) is 10.3 Å². The number of carbonyl (C=O) groups is 2. The first kappa shape index (κ1) is 23.1. The Kier molecular flexibility index (Phi) is 7.04. The maximum atomic E-state index is 13.4. The molecule has 160 valence electrons. The summed E-state index contributed by atoms with van der Waals surface area (Å²) in [5.41, 5.74) is -0.678. The molecule has 1 aromatic heterocycles. The standard InChI is InChI=1S/C19H15ClF5N3O2/c1-3-10(4-12(20)9(2)19(23,24)25)7-27-17(29)18(30)28-16-8-26-15-6-14(22)13(21)5-11(15)16/h3-6,8,26H,1,7H2,2H3,(H,27,29)(H,28,30)/b10-4+,12-9-. The number of aromatic amines is 1. The molecule has 3 N–H and O–H groups in total. The van der Waals surface area contributed by atoms with Gasteiger partial charge in [0, 0.05) is 34.8 Å². The normalized spacial score (nSPS) is 13.1. The highest BCUT2D eigenvalue weighted by molar-refractivity contribution is 6.40. The Balaban J connectivity index is 2.07. The Labute approximate surface area is 172 Å². The first-order valence-corrected chi connectivity index (χ1v) is 8.63. The highest BCUT2D eigenvalue weighted by Crippen LogP contribution is 2.30. The summed E-state index contributed by atoms with van der Waals surface area (Å²) >= 11 is 5.62. The average molecular weight is 448 g/mol. The van der Waals surface area contributed by atoms with Crippen LogP contribution in [-0.4, -0.2) is 29.5 Å². The Hall–Kier alpha value is -3.14. The van der Waals surface area contributed by atoms with Crippen LogP contribution in [0.1, 0.15) is 6.92 Å². The van der Waals surface area contributed by atoms with Gasteiger partial charge in [0.05, 0.1) is 11.2 Å². The molecule has 2 aromatic rings. The molecular weight excluding hydrogens is 433 g/mol. The number of rotatable bonds is 5. The molecule has 0 saturated heterocycles. The number of hydrogen-bond acceptors (Lipinski definition) is 2. The van der Waals surface area contributed by atoms with Crippen LogP contribution in [0.3, 0.4) is 0 Å². The SMILES string of the molecule is C=C/C(=C\C(Cl)=C(/C)C(F)(F)F)CNC(=O)C(=O)Nc1c[nH]c2cc(F)c(F)cc12. The molecule has 0 fully saturated rings. The Morgan fingerprint density at radius 2 is 1.83 bits per heavy atom. The monoisotopic (exact) mass is 447 g/mol. The number of amides is 2. The molecule has 0 spiro atoms. The first-order chi connectivity index (χ1) is 13.9. The number of halogens is 6. The van der Waals surface area contributed by atoms with E-state index in [-0.39, 0.29) is 28.7 Å². The zero-order valence-electron chi connectivity index (χ0n) is 15.4. The summed E-state index contributed by atoms with van der Waals surface area (Å²) in [5, 5.41) is 3.98. The van der Waals surface area contributed by atoms with Gasteiger partial charge in [0.2, 0.25) is 0 Å². The van der Waals surface area contributed by atoms with Crippen LogP contribution in [0.15, 0.2) is 53.2 Å². The van der Waals surface area contributed by atoms with E-state index in [4.69, 9.17) is 11.6 Å². The lowest BCUT2D eigenvalue weighted by atomic mass is 10.2. The van der Waals surface area contributed by atoms with Crippen molar-refractivity contribution >= 4 is 40.0 Å². The Bertz CT molecular complexity index is 1070. The summed E-state index contributed by atoms with van der Waals surface area (Å²) in [4.78, 5) is 26.6. The second-order valence-electron chi connectivity index (χ2n) is 6.05. The van der Waals surface area contributed by atoms with Crippen LogP contribution in [0.5, 0.6) is 0 Å². The molecule has 11 heteroatoms. The Morgan fingerprint density at radius 3 is 2.43 bits per heavy atom. The molecular formula is C19H15ClF5N3O2. The van der Waals surface area contributed by atoms with Crippen molar-refractivity contribution in [3.63, 3.8) is 0 Å². The molecule has 1 aromatic carbocycles. The smallest absolute Gasteiger partial charge is 0.359 e. The lowest BCUT2D eigenvalue weighted by Crippen LogP contribution is -2.36. The number of alkyl halides is 3. The highest BCUT2D eigenvalue weighted by atomic mass is 35.5. The summed E-state index contributed by atoms with van der Waals surface area (Å²) in [6.07, 6.45) is -1.24. The number of carbonyl (C=O) groups excluding carboxylic acids is 2. The second-order valence-corrected chi connectivity index (χ2v) is 6.45. The van der Waals surface area contributed by atoms with Crippen molar-refractivity contribution in [3.05, 3.63) is 64.9 Å². The van der Waals surface area contributed by atoms with E-state index in [1.165, 1.54) is 12.3 Å². The van der Waals surface area contributed by atoms with Gasteiger partial charge < -0.3 is 15.6 Å². The van der Waals surface area contributed by atoms with Crippen molar-refractivity contribution in [2.75, 3.05) is 11.9 Å². The summed E-state index contributed by atoms with van der Waals surface area (Å²) in [6, 6.07) is 1.74. The van der Waals surface area contributed by atoms with Crippen molar-refractivity contribution in [3.8, 4) is 0 Å². The van der Waals surface area contributed by atoms with Crippen molar-refractivity contribution in [2.24, 2.45) is 0 Å². The van der Waals surface area contributed by atoms with Crippen LogP contribution in [-0.2, 0) is 9.59 Å². The third kappa shape index (κ3) is 5.47. The second kappa shape index (κ2) is 9.12. The quantitative estimate of drug-likeness (QED) is 0.353. The van der Waals surface area contributed by atoms with Crippen LogP contribution in [0.25, 0.3) is 10.9 Å². The molecule has 2 rings (SSSR count). The number of H-pyrrole nitrogens is 1. The van der Waals surface area contributed by atoms with Crippen LogP contribution < -0.4 is 10.6 Å². The third-order valence-corrected chi connectivity index (χ3v) is 4.38. The zero-order valence-corrected chi connectivity index (χ0v) is 16.1. The molecule has 0 atom stereocenters. The van der Waals surface area contributed by atoms with E-state index in [1.807, 2.05) is 0 Å². The lowest BCUT2D eigenvalue weighted by Gasteiger charge is -2.09. The molecule has 0 bridgehead atoms. The van der Waals surface area contributed by atoms with Gasteiger partial charge in [-0.05, 0) is 24.6 Å². The largest absolute Gasteiger partial charge is 0.413 e. The number of aromatic nitrogens is 1. The number of anilines is 1. The van der Waals surface area contributed by atoms with Gasteiger partial charge in [-0.3, -0.25) is 9.59 Å².